The number of nitrogens with zero attached hydrogens (tertiary/aromatic N) is 1. The Labute approximate surface area is 196 Å². The highest BCUT2D eigenvalue weighted by Crippen LogP contribution is 2.28. The van der Waals surface area contributed by atoms with Crippen molar-refractivity contribution in [3.8, 4) is 17.2 Å². The highest BCUT2D eigenvalue weighted by atomic mass is 16.5. The zero-order valence-electron chi connectivity index (χ0n) is 18.4. The SMILES string of the molecule is CCOc1ccc(C(=O)Oc2ccc3ccccc3c2C=NNC(=O)c2ccccc2O)cc1. The van der Waals surface area contributed by atoms with E-state index in [0.717, 1.165) is 10.8 Å². The van der Waals surface area contributed by atoms with Gasteiger partial charge in [-0.2, -0.15) is 5.10 Å². The second-order valence-corrected chi connectivity index (χ2v) is 7.26. The molecule has 0 saturated carbocycles. The fourth-order valence-electron chi connectivity index (χ4n) is 3.39. The highest BCUT2D eigenvalue weighted by molar-refractivity contribution is 6.04. The van der Waals surface area contributed by atoms with Crippen LogP contribution < -0.4 is 14.9 Å². The zero-order valence-corrected chi connectivity index (χ0v) is 18.4. The third-order valence-corrected chi connectivity index (χ3v) is 5.04. The summed E-state index contributed by atoms with van der Waals surface area (Å²) in [6.45, 7) is 2.42. The van der Waals surface area contributed by atoms with Crippen LogP contribution >= 0.6 is 0 Å². The maximum Gasteiger partial charge on any atom is 0.343 e. The summed E-state index contributed by atoms with van der Waals surface area (Å²) in [5.41, 5.74) is 3.39. The lowest BCUT2D eigenvalue weighted by atomic mass is 10.0. The topological polar surface area (TPSA) is 97.2 Å². The molecule has 34 heavy (non-hydrogen) atoms. The van der Waals surface area contributed by atoms with Gasteiger partial charge in [0.25, 0.3) is 5.91 Å². The summed E-state index contributed by atoms with van der Waals surface area (Å²) >= 11 is 0. The lowest BCUT2D eigenvalue weighted by molar-refractivity contribution is 0.0734. The minimum atomic E-state index is -0.567. The first kappa shape index (κ1) is 22.5. The molecule has 4 aromatic carbocycles. The van der Waals surface area contributed by atoms with E-state index < -0.39 is 11.9 Å². The summed E-state index contributed by atoms with van der Waals surface area (Å²) < 4.78 is 11.1. The number of amides is 1. The Morgan fingerprint density at radius 3 is 2.44 bits per heavy atom. The molecule has 0 aliphatic rings. The van der Waals surface area contributed by atoms with Crippen molar-refractivity contribution in [3.63, 3.8) is 0 Å². The first-order valence-electron chi connectivity index (χ1n) is 10.6. The summed E-state index contributed by atoms with van der Waals surface area (Å²) in [4.78, 5) is 25.1. The third kappa shape index (κ3) is 5.05. The Balaban J connectivity index is 1.60. The number of carbonyl (C=O) groups is 2. The molecule has 4 rings (SSSR count). The first-order valence-corrected chi connectivity index (χ1v) is 10.6. The van der Waals surface area contributed by atoms with Crippen LogP contribution in [0.1, 0.15) is 33.2 Å². The Morgan fingerprint density at radius 1 is 0.941 bits per heavy atom. The maximum atomic E-state index is 12.8. The number of aromatic hydroxyl groups is 1. The number of benzene rings is 4. The number of esters is 1. The number of ether oxygens (including phenoxy) is 2. The van der Waals surface area contributed by atoms with Crippen molar-refractivity contribution < 1.29 is 24.2 Å². The van der Waals surface area contributed by atoms with Crippen LogP contribution in [-0.4, -0.2) is 29.8 Å². The number of hydrogen-bond donors (Lipinski definition) is 2. The van der Waals surface area contributed by atoms with E-state index in [1.807, 2.05) is 37.3 Å². The standard InChI is InChI=1S/C27H22N2O5/c1-2-33-20-14-11-19(12-15-20)27(32)34-25-16-13-18-7-3-4-8-21(18)23(25)17-28-29-26(31)22-9-5-6-10-24(22)30/h3-17,30H,2H2,1H3,(H,29,31). The lowest BCUT2D eigenvalue weighted by Crippen LogP contribution is -2.18. The predicted octanol–water partition coefficient (Wildman–Crippen LogP) is 4.93. The molecule has 0 spiro atoms. The van der Waals surface area contributed by atoms with Gasteiger partial charge in [0, 0.05) is 5.56 Å². The van der Waals surface area contributed by atoms with Crippen LogP contribution in [0.15, 0.2) is 90.0 Å². The molecule has 7 heteroatoms. The van der Waals surface area contributed by atoms with E-state index in [2.05, 4.69) is 10.5 Å². The quantitative estimate of drug-likeness (QED) is 0.179. The van der Waals surface area contributed by atoms with Crippen molar-refractivity contribution in [2.45, 2.75) is 6.92 Å². The van der Waals surface area contributed by atoms with Crippen LogP contribution in [0, 0.1) is 0 Å². The molecule has 0 saturated heterocycles. The van der Waals surface area contributed by atoms with Crippen LogP contribution in [0.2, 0.25) is 0 Å². The van der Waals surface area contributed by atoms with E-state index in [1.165, 1.54) is 18.3 Å². The van der Waals surface area contributed by atoms with E-state index in [0.29, 0.717) is 23.5 Å². The van der Waals surface area contributed by atoms with Gasteiger partial charge >= 0.3 is 5.97 Å². The van der Waals surface area contributed by atoms with Crippen LogP contribution in [0.5, 0.6) is 17.2 Å². The molecular formula is C27H22N2O5. The van der Waals surface area contributed by atoms with E-state index in [4.69, 9.17) is 9.47 Å². The molecule has 0 unspecified atom stereocenters. The van der Waals surface area contributed by atoms with Gasteiger partial charge in [0.2, 0.25) is 0 Å². The molecule has 0 heterocycles. The van der Waals surface area contributed by atoms with Crippen molar-refractivity contribution in [1.29, 1.82) is 0 Å². The van der Waals surface area contributed by atoms with Gasteiger partial charge in [-0.25, -0.2) is 10.2 Å². The summed E-state index contributed by atoms with van der Waals surface area (Å²) in [5.74, 6) is -0.296. The van der Waals surface area contributed by atoms with Crippen molar-refractivity contribution in [2.24, 2.45) is 5.10 Å². The Hall–Kier alpha value is -4.65. The van der Waals surface area contributed by atoms with Gasteiger partial charge in [-0.05, 0) is 60.2 Å². The highest BCUT2D eigenvalue weighted by Gasteiger charge is 2.14. The van der Waals surface area contributed by atoms with E-state index in [-0.39, 0.29) is 17.1 Å². The normalized spacial score (nSPS) is 10.9. The number of phenolic OH excluding ortho intramolecular Hbond substituents is 1. The molecule has 0 aromatic heterocycles. The van der Waals surface area contributed by atoms with Crippen LogP contribution in [0.4, 0.5) is 0 Å². The van der Waals surface area contributed by atoms with Crippen LogP contribution in [-0.2, 0) is 0 Å². The van der Waals surface area contributed by atoms with Gasteiger partial charge in [0.15, 0.2) is 0 Å². The number of nitrogens with one attached hydrogen (secondary N) is 1. The molecule has 4 aromatic rings. The Kier molecular flexibility index (Phi) is 6.84. The first-order chi connectivity index (χ1) is 16.6. The predicted molar refractivity (Wildman–Crippen MR) is 130 cm³/mol. The number of hydrogen-bond acceptors (Lipinski definition) is 6. The molecule has 0 aliphatic carbocycles. The van der Waals surface area contributed by atoms with E-state index in [9.17, 15) is 14.7 Å². The van der Waals surface area contributed by atoms with Gasteiger partial charge in [-0.3, -0.25) is 4.79 Å². The monoisotopic (exact) mass is 454 g/mol. The maximum absolute atomic E-state index is 12.8. The van der Waals surface area contributed by atoms with Crippen molar-refractivity contribution in [3.05, 3.63) is 102 Å². The molecule has 1 amide bonds. The summed E-state index contributed by atoms with van der Waals surface area (Å²) in [6.07, 6.45) is 1.42. The van der Waals surface area contributed by atoms with Gasteiger partial charge in [0.1, 0.15) is 17.2 Å². The van der Waals surface area contributed by atoms with Crippen LogP contribution in [0.3, 0.4) is 0 Å². The van der Waals surface area contributed by atoms with Crippen molar-refractivity contribution in [1.82, 2.24) is 5.43 Å². The smallest absolute Gasteiger partial charge is 0.343 e. The fourth-order valence-corrected chi connectivity index (χ4v) is 3.39. The molecule has 0 aliphatic heterocycles. The second kappa shape index (κ2) is 10.3. The molecule has 2 N–H and O–H groups in total. The Bertz CT molecular complexity index is 1360. The molecular weight excluding hydrogens is 432 g/mol. The van der Waals surface area contributed by atoms with Gasteiger partial charge in [0.05, 0.1) is 23.9 Å². The van der Waals surface area contributed by atoms with Gasteiger partial charge in [-0.1, -0.05) is 42.5 Å². The summed E-state index contributed by atoms with van der Waals surface area (Å²) in [7, 11) is 0. The fraction of sp³-hybridized carbons (Fsp3) is 0.0741. The number of rotatable bonds is 7. The molecule has 0 atom stereocenters. The average molecular weight is 454 g/mol. The molecule has 7 nitrogen and oxygen atoms in total. The van der Waals surface area contributed by atoms with Crippen molar-refractivity contribution >= 4 is 28.9 Å². The number of para-hydroxylation sites is 1. The van der Waals surface area contributed by atoms with E-state index in [1.54, 1.807) is 42.5 Å². The minimum absolute atomic E-state index is 0.0970. The summed E-state index contributed by atoms with van der Waals surface area (Å²) in [5, 5.41) is 15.6. The van der Waals surface area contributed by atoms with Gasteiger partial charge in [-0.15, -0.1) is 0 Å². The zero-order chi connectivity index (χ0) is 23.9. The molecule has 0 fully saturated rings. The molecule has 0 radical (unpaired) electrons. The largest absolute Gasteiger partial charge is 0.507 e. The van der Waals surface area contributed by atoms with Crippen LogP contribution in [0.25, 0.3) is 10.8 Å². The third-order valence-electron chi connectivity index (χ3n) is 5.04. The summed E-state index contributed by atoms with van der Waals surface area (Å²) in [6, 6.07) is 23.9. The molecule has 170 valence electrons. The van der Waals surface area contributed by atoms with Gasteiger partial charge < -0.3 is 14.6 Å². The second-order valence-electron chi connectivity index (χ2n) is 7.26. The van der Waals surface area contributed by atoms with E-state index >= 15 is 0 Å². The molecule has 0 bridgehead atoms. The lowest BCUT2D eigenvalue weighted by Gasteiger charge is -2.11. The Morgan fingerprint density at radius 2 is 1.68 bits per heavy atom. The average Bonchev–Trinajstić information content (AvgIpc) is 2.86. The number of fused-ring (bicyclic) bond motifs is 1. The minimum Gasteiger partial charge on any atom is -0.507 e. The number of phenols is 1. The number of carbonyl (C=O) groups excluding carboxylic acids is 2. The number of hydrazone groups is 1. The van der Waals surface area contributed by atoms with Crippen molar-refractivity contribution in [2.75, 3.05) is 6.61 Å².